The van der Waals surface area contributed by atoms with Crippen LogP contribution in [0.4, 0.5) is 18.9 Å². The lowest BCUT2D eigenvalue weighted by Crippen LogP contribution is -2.45. The van der Waals surface area contributed by atoms with Gasteiger partial charge in [0, 0.05) is 61.0 Å². The number of amides is 1. The Labute approximate surface area is 250 Å². The number of nitrogens with zero attached hydrogens (tertiary/aromatic N) is 5. The number of alkyl halides is 3. The molecule has 3 heterocycles. The molecule has 1 aliphatic rings. The van der Waals surface area contributed by atoms with Crippen LogP contribution in [0.1, 0.15) is 28.4 Å². The third-order valence-electron chi connectivity index (χ3n) is 7.76. The predicted molar refractivity (Wildman–Crippen MR) is 160 cm³/mol. The van der Waals surface area contributed by atoms with E-state index in [0.717, 1.165) is 31.1 Å². The Hall–Kier alpha value is -4.81. The summed E-state index contributed by atoms with van der Waals surface area (Å²) in [6, 6.07) is 18.8. The number of halogens is 3. The summed E-state index contributed by atoms with van der Waals surface area (Å²) < 4.78 is 48.9. The SMILES string of the molecule is CCN1CCN(Cc2ccc(C(=O)Nc3cccc(-c4cn(-c5ccc6oc(=O)ccc6c5)nn4)c3)cc2C(F)(F)F)CC1. The van der Waals surface area contributed by atoms with Crippen LogP contribution in [0.15, 0.2) is 88.2 Å². The molecule has 0 spiro atoms. The molecule has 1 saturated heterocycles. The van der Waals surface area contributed by atoms with Gasteiger partial charge in [-0.05, 0) is 60.6 Å². The Morgan fingerprint density at radius 2 is 1.75 bits per heavy atom. The van der Waals surface area contributed by atoms with Crippen molar-refractivity contribution in [3.8, 4) is 16.9 Å². The first-order valence-corrected chi connectivity index (χ1v) is 14.2. The van der Waals surface area contributed by atoms with Crippen LogP contribution in [0.2, 0.25) is 0 Å². The summed E-state index contributed by atoms with van der Waals surface area (Å²) in [6.45, 7) is 6.18. The van der Waals surface area contributed by atoms with Crippen molar-refractivity contribution in [1.82, 2.24) is 24.8 Å². The lowest BCUT2D eigenvalue weighted by molar-refractivity contribution is -0.138. The van der Waals surface area contributed by atoms with Gasteiger partial charge in [-0.15, -0.1) is 5.10 Å². The van der Waals surface area contributed by atoms with E-state index in [-0.39, 0.29) is 17.7 Å². The van der Waals surface area contributed by atoms with Gasteiger partial charge in [0.25, 0.3) is 5.91 Å². The summed E-state index contributed by atoms with van der Waals surface area (Å²) in [6.07, 6.45) is -2.89. The molecule has 0 atom stereocenters. The fourth-order valence-corrected chi connectivity index (χ4v) is 5.31. The van der Waals surface area contributed by atoms with Crippen molar-refractivity contribution in [2.45, 2.75) is 19.6 Å². The first-order chi connectivity index (χ1) is 21.2. The summed E-state index contributed by atoms with van der Waals surface area (Å²) in [4.78, 5) is 28.8. The molecule has 44 heavy (non-hydrogen) atoms. The molecule has 1 fully saturated rings. The van der Waals surface area contributed by atoms with Crippen molar-refractivity contribution in [3.05, 3.63) is 106 Å². The second-order valence-corrected chi connectivity index (χ2v) is 10.6. The lowest BCUT2D eigenvalue weighted by Gasteiger charge is -2.34. The normalized spacial score (nSPS) is 14.6. The van der Waals surface area contributed by atoms with Crippen LogP contribution < -0.4 is 10.9 Å². The molecule has 2 aromatic heterocycles. The van der Waals surface area contributed by atoms with Crippen molar-refractivity contribution >= 4 is 22.6 Å². The third kappa shape index (κ3) is 6.41. The number of likely N-dealkylation sites (N-methyl/N-ethyl adjacent to an activating group) is 1. The van der Waals surface area contributed by atoms with E-state index in [0.29, 0.717) is 41.3 Å². The van der Waals surface area contributed by atoms with Gasteiger partial charge in [0.1, 0.15) is 11.3 Å². The van der Waals surface area contributed by atoms with Crippen LogP contribution >= 0.6 is 0 Å². The highest BCUT2D eigenvalue weighted by molar-refractivity contribution is 6.04. The number of hydrogen-bond acceptors (Lipinski definition) is 7. The van der Waals surface area contributed by atoms with E-state index in [9.17, 15) is 22.8 Å². The molecule has 12 heteroatoms. The molecular weight excluding hydrogens is 573 g/mol. The highest BCUT2D eigenvalue weighted by atomic mass is 19.4. The minimum Gasteiger partial charge on any atom is -0.423 e. The van der Waals surface area contributed by atoms with E-state index in [1.54, 1.807) is 59.4 Å². The Morgan fingerprint density at radius 1 is 0.955 bits per heavy atom. The molecule has 0 radical (unpaired) electrons. The number of carbonyl (C=O) groups is 1. The van der Waals surface area contributed by atoms with E-state index in [1.165, 1.54) is 18.2 Å². The van der Waals surface area contributed by atoms with Gasteiger partial charge in [0.2, 0.25) is 0 Å². The average molecular weight is 603 g/mol. The monoisotopic (exact) mass is 602 g/mol. The number of rotatable bonds is 7. The maximum absolute atomic E-state index is 14.1. The van der Waals surface area contributed by atoms with Gasteiger partial charge in [-0.1, -0.05) is 30.3 Å². The largest absolute Gasteiger partial charge is 0.423 e. The Morgan fingerprint density at radius 3 is 2.52 bits per heavy atom. The molecule has 0 aliphatic carbocycles. The molecule has 1 amide bonds. The fourth-order valence-electron chi connectivity index (χ4n) is 5.31. The van der Waals surface area contributed by atoms with E-state index >= 15 is 0 Å². The van der Waals surface area contributed by atoms with E-state index < -0.39 is 23.3 Å². The molecule has 226 valence electrons. The van der Waals surface area contributed by atoms with E-state index in [1.807, 2.05) is 4.90 Å². The van der Waals surface area contributed by atoms with Crippen LogP contribution in [-0.4, -0.2) is 63.4 Å². The van der Waals surface area contributed by atoms with Crippen LogP contribution in [0.5, 0.6) is 0 Å². The number of fused-ring (bicyclic) bond motifs is 1. The Balaban J connectivity index is 1.18. The lowest BCUT2D eigenvalue weighted by atomic mass is 10.0. The number of hydrogen-bond donors (Lipinski definition) is 1. The summed E-state index contributed by atoms with van der Waals surface area (Å²) in [7, 11) is 0. The third-order valence-corrected chi connectivity index (χ3v) is 7.76. The van der Waals surface area contributed by atoms with Gasteiger partial charge in [0.05, 0.1) is 17.4 Å². The van der Waals surface area contributed by atoms with Gasteiger partial charge in [-0.3, -0.25) is 9.69 Å². The molecule has 6 rings (SSSR count). The average Bonchev–Trinajstić information content (AvgIpc) is 3.52. The van der Waals surface area contributed by atoms with Gasteiger partial charge in [-0.2, -0.15) is 13.2 Å². The van der Waals surface area contributed by atoms with Crippen molar-refractivity contribution in [2.75, 3.05) is 38.0 Å². The van der Waals surface area contributed by atoms with E-state index in [4.69, 9.17) is 4.42 Å². The predicted octanol–water partition coefficient (Wildman–Crippen LogP) is 5.45. The number of nitrogens with one attached hydrogen (secondary N) is 1. The van der Waals surface area contributed by atoms with Crippen molar-refractivity contribution < 1.29 is 22.4 Å². The van der Waals surface area contributed by atoms with Crippen molar-refractivity contribution in [3.63, 3.8) is 0 Å². The number of anilines is 1. The smallest absolute Gasteiger partial charge is 0.416 e. The van der Waals surface area contributed by atoms with Gasteiger partial charge in [0.15, 0.2) is 0 Å². The van der Waals surface area contributed by atoms with Gasteiger partial charge in [-0.25, -0.2) is 9.48 Å². The summed E-state index contributed by atoms with van der Waals surface area (Å²) >= 11 is 0. The van der Waals surface area contributed by atoms with Crippen molar-refractivity contribution in [2.24, 2.45) is 0 Å². The van der Waals surface area contributed by atoms with E-state index in [2.05, 4.69) is 27.5 Å². The van der Waals surface area contributed by atoms with Crippen LogP contribution in [-0.2, 0) is 12.7 Å². The molecule has 9 nitrogen and oxygen atoms in total. The number of aromatic nitrogens is 3. The maximum Gasteiger partial charge on any atom is 0.416 e. The zero-order valence-corrected chi connectivity index (χ0v) is 23.8. The quantitative estimate of drug-likeness (QED) is 0.248. The first-order valence-electron chi connectivity index (χ1n) is 14.2. The maximum atomic E-state index is 14.1. The summed E-state index contributed by atoms with van der Waals surface area (Å²) in [5.41, 5.74) is 1.54. The zero-order valence-electron chi connectivity index (χ0n) is 23.8. The van der Waals surface area contributed by atoms with Crippen LogP contribution in [0.25, 0.3) is 27.9 Å². The Kier molecular flexibility index (Phi) is 8.02. The van der Waals surface area contributed by atoms with Gasteiger partial charge >= 0.3 is 11.8 Å². The standard InChI is InChI=1S/C32H29F3N6O3/c1-2-39-12-14-40(15-13-39)19-24-7-6-23(18-27(24)32(33,34)35)31(43)36-25-5-3-4-21(16-25)28-20-41(38-37-28)26-9-10-29-22(17-26)8-11-30(42)44-29/h3-11,16-18,20H,2,12-15,19H2,1H3,(H,36,43). The topological polar surface area (TPSA) is 96.5 Å². The second kappa shape index (κ2) is 12.1. The van der Waals surface area contributed by atoms with Gasteiger partial charge < -0.3 is 14.6 Å². The Bertz CT molecular complexity index is 1880. The summed E-state index contributed by atoms with van der Waals surface area (Å²) in [5, 5.41) is 11.9. The second-order valence-electron chi connectivity index (χ2n) is 10.6. The van der Waals surface area contributed by atoms with Crippen molar-refractivity contribution in [1.29, 1.82) is 0 Å². The molecule has 0 bridgehead atoms. The minimum absolute atomic E-state index is 0.0830. The highest BCUT2D eigenvalue weighted by Gasteiger charge is 2.34. The molecule has 5 aromatic rings. The highest BCUT2D eigenvalue weighted by Crippen LogP contribution is 2.34. The molecular formula is C32H29F3N6O3. The number of benzene rings is 3. The molecule has 3 aromatic carbocycles. The molecule has 0 saturated carbocycles. The fraction of sp³-hybridized carbons (Fsp3) is 0.250. The first kappa shape index (κ1) is 29.3. The van der Waals surface area contributed by atoms with Crippen LogP contribution in [0, 0.1) is 0 Å². The zero-order chi connectivity index (χ0) is 30.8. The number of carbonyl (C=O) groups excluding carboxylic acids is 1. The molecule has 0 unspecified atom stereocenters. The summed E-state index contributed by atoms with van der Waals surface area (Å²) in [5.74, 6) is -0.651. The minimum atomic E-state index is -4.60. The number of piperazine rings is 1. The molecule has 1 aliphatic heterocycles. The molecule has 1 N–H and O–H groups in total. The van der Waals surface area contributed by atoms with Crippen LogP contribution in [0.3, 0.4) is 0 Å².